The molecule has 0 radical (unpaired) electrons. The van der Waals surface area contributed by atoms with Crippen LogP contribution in [0.4, 0.5) is 0 Å². The van der Waals surface area contributed by atoms with Crippen molar-refractivity contribution < 1.29 is 9.47 Å². The molecular weight excluding hydrogens is 219 g/mol. The Kier molecular flexibility index (Phi) is 7.09. The highest BCUT2D eigenvalue weighted by Crippen LogP contribution is 1.75. The van der Waals surface area contributed by atoms with Crippen LogP contribution in [-0.4, -0.2) is 18.3 Å². The van der Waals surface area contributed by atoms with Crippen LogP contribution in [0.15, 0.2) is 0 Å². The van der Waals surface area contributed by atoms with E-state index in [-0.39, 0.29) is 6.79 Å². The molecule has 0 aliphatic heterocycles. The second-order valence-electron chi connectivity index (χ2n) is 0.963. The van der Waals surface area contributed by atoms with E-state index >= 15 is 0 Å². The topological polar surface area (TPSA) is 18.5 Å². The lowest BCUT2D eigenvalue weighted by molar-refractivity contribution is 0.0311. The summed E-state index contributed by atoms with van der Waals surface area (Å²) in [6.45, 7) is 0.254. The van der Waals surface area contributed by atoms with Crippen molar-refractivity contribution in [3.8, 4) is 12.0 Å². The maximum Gasteiger partial charge on any atom is 0.199 e. The molecule has 46 valence electrons. The summed E-state index contributed by atoms with van der Waals surface area (Å²) in [5, 5.41) is 0. The van der Waals surface area contributed by atoms with Crippen LogP contribution in [0.3, 0.4) is 0 Å². The third-order valence-corrected chi connectivity index (χ3v) is 0.769. The van der Waals surface area contributed by atoms with E-state index in [1.54, 1.807) is 7.11 Å². The van der Waals surface area contributed by atoms with E-state index in [9.17, 15) is 0 Å². The van der Waals surface area contributed by atoms with E-state index < -0.39 is 0 Å². The molecule has 0 saturated carbocycles. The van der Waals surface area contributed by atoms with Gasteiger partial charge in [-0.05, 0) is 5.92 Å². The van der Waals surface area contributed by atoms with E-state index in [4.69, 9.17) is 0 Å². The summed E-state index contributed by atoms with van der Waals surface area (Å²) < 4.78 is 9.99. The molecule has 0 aromatic heterocycles. The van der Waals surface area contributed by atoms with Crippen LogP contribution in [-0.2, 0) is 9.47 Å². The summed E-state index contributed by atoms with van der Waals surface area (Å²) in [6.07, 6.45) is 2.45. The number of alkyl halides is 1. The minimum absolute atomic E-state index is 0.254. The summed E-state index contributed by atoms with van der Waals surface area (Å²) in [6, 6.07) is 0. The molecule has 3 heteroatoms. The van der Waals surface area contributed by atoms with Gasteiger partial charge < -0.3 is 9.47 Å². The highest BCUT2D eigenvalue weighted by molar-refractivity contribution is 14.1. The molecule has 0 aliphatic carbocycles. The summed E-state index contributed by atoms with van der Waals surface area (Å²) in [7, 11) is 1.56. The lowest BCUT2D eigenvalue weighted by Gasteiger charge is -1.89. The maximum atomic E-state index is 4.64. The highest BCUT2D eigenvalue weighted by Gasteiger charge is 1.70. The Morgan fingerprint density at radius 1 is 1.62 bits per heavy atom. The normalized spacial score (nSPS) is 7.25. The molecular formula is C5H7IO2. The minimum Gasteiger partial charge on any atom is -0.417 e. The number of ether oxygens (including phenoxy) is 2. The lowest BCUT2D eigenvalue weighted by Crippen LogP contribution is -1.88. The maximum absolute atomic E-state index is 4.64. The van der Waals surface area contributed by atoms with Gasteiger partial charge in [0.25, 0.3) is 0 Å². The fraction of sp³-hybridized carbons (Fsp3) is 0.600. The predicted octanol–water partition coefficient (Wildman–Crippen LogP) is 1.00. The van der Waals surface area contributed by atoms with Crippen LogP contribution in [0.25, 0.3) is 0 Å². The fourth-order valence-electron chi connectivity index (χ4n) is 0.167. The zero-order chi connectivity index (χ0) is 6.24. The van der Waals surface area contributed by atoms with Gasteiger partial charge in [0.2, 0.25) is 0 Å². The largest absolute Gasteiger partial charge is 0.417 e. The fourth-order valence-corrected chi connectivity index (χ4v) is 0.322. The van der Waals surface area contributed by atoms with Crippen LogP contribution in [0.1, 0.15) is 0 Å². The quantitative estimate of drug-likeness (QED) is 0.230. The Morgan fingerprint density at radius 3 is 2.88 bits per heavy atom. The first-order chi connectivity index (χ1) is 3.91. The zero-order valence-corrected chi connectivity index (χ0v) is 6.77. The molecule has 0 amide bonds. The van der Waals surface area contributed by atoms with Gasteiger partial charge in [0.05, 0.1) is 4.43 Å². The molecule has 0 aromatic carbocycles. The summed E-state index contributed by atoms with van der Waals surface area (Å²) in [5.41, 5.74) is 0. The Bertz CT molecular complexity index is 92.3. The van der Waals surface area contributed by atoms with Crippen LogP contribution < -0.4 is 0 Å². The average Bonchev–Trinajstić information content (AvgIpc) is 1.81. The average molecular weight is 226 g/mol. The van der Waals surface area contributed by atoms with Crippen LogP contribution >= 0.6 is 22.6 Å². The molecule has 0 N–H and O–H groups in total. The summed E-state index contributed by atoms with van der Waals surface area (Å²) in [4.78, 5) is 0. The number of hydrogen-bond donors (Lipinski definition) is 0. The monoisotopic (exact) mass is 226 g/mol. The molecule has 8 heavy (non-hydrogen) atoms. The first-order valence-electron chi connectivity index (χ1n) is 2.06. The molecule has 0 saturated heterocycles. The molecule has 0 heterocycles. The van der Waals surface area contributed by atoms with Gasteiger partial charge in [-0.2, -0.15) is 0 Å². The third-order valence-electron chi connectivity index (χ3n) is 0.388. The van der Waals surface area contributed by atoms with Gasteiger partial charge in [-0.1, -0.05) is 22.6 Å². The van der Waals surface area contributed by atoms with E-state index in [1.807, 2.05) is 0 Å². The van der Waals surface area contributed by atoms with Crippen molar-refractivity contribution in [2.24, 2.45) is 0 Å². The zero-order valence-electron chi connectivity index (χ0n) is 4.61. The Hall–Kier alpha value is 0.0500. The molecule has 0 bridgehead atoms. The Labute approximate surface area is 62.7 Å². The van der Waals surface area contributed by atoms with E-state index in [1.165, 1.54) is 0 Å². The summed E-state index contributed by atoms with van der Waals surface area (Å²) in [5.74, 6) is 2.72. The molecule has 0 atom stereocenters. The van der Waals surface area contributed by atoms with Gasteiger partial charge in [0.1, 0.15) is 6.11 Å². The molecule has 0 fully saturated rings. The van der Waals surface area contributed by atoms with Crippen molar-refractivity contribution in [2.75, 3.05) is 18.3 Å². The van der Waals surface area contributed by atoms with E-state index in [0.717, 1.165) is 4.43 Å². The Balaban J connectivity index is 2.90. The number of rotatable bonds is 2. The first kappa shape index (κ1) is 8.05. The molecule has 0 rings (SSSR count). The van der Waals surface area contributed by atoms with Crippen molar-refractivity contribution >= 4 is 22.6 Å². The van der Waals surface area contributed by atoms with Crippen LogP contribution in [0.5, 0.6) is 0 Å². The van der Waals surface area contributed by atoms with Crippen LogP contribution in [0.2, 0.25) is 0 Å². The molecule has 0 unspecified atom stereocenters. The second-order valence-corrected chi connectivity index (χ2v) is 1.73. The van der Waals surface area contributed by atoms with Gasteiger partial charge in [0, 0.05) is 7.11 Å². The lowest BCUT2D eigenvalue weighted by atomic mass is 10.8. The SMILES string of the molecule is COCOC#CCI. The van der Waals surface area contributed by atoms with E-state index in [2.05, 4.69) is 44.1 Å². The van der Waals surface area contributed by atoms with Crippen molar-refractivity contribution in [1.82, 2.24) is 0 Å². The standard InChI is InChI=1S/C5H7IO2/c1-7-5-8-4-2-3-6/h3,5H2,1H3. The number of halogens is 1. The van der Waals surface area contributed by atoms with Gasteiger partial charge in [-0.25, -0.2) is 0 Å². The molecule has 0 aromatic rings. The number of hydrogen-bond acceptors (Lipinski definition) is 2. The van der Waals surface area contributed by atoms with Crippen molar-refractivity contribution in [3.63, 3.8) is 0 Å². The smallest absolute Gasteiger partial charge is 0.199 e. The van der Waals surface area contributed by atoms with Gasteiger partial charge in [-0.15, -0.1) is 0 Å². The van der Waals surface area contributed by atoms with Crippen LogP contribution in [0, 0.1) is 12.0 Å². The van der Waals surface area contributed by atoms with Crippen molar-refractivity contribution in [3.05, 3.63) is 0 Å². The van der Waals surface area contributed by atoms with Crippen molar-refractivity contribution in [1.29, 1.82) is 0 Å². The van der Waals surface area contributed by atoms with Gasteiger partial charge in [0.15, 0.2) is 6.79 Å². The van der Waals surface area contributed by atoms with E-state index in [0.29, 0.717) is 0 Å². The molecule has 0 aliphatic rings. The number of methoxy groups -OCH3 is 1. The molecule has 2 nitrogen and oxygen atoms in total. The van der Waals surface area contributed by atoms with Gasteiger partial charge in [-0.3, -0.25) is 0 Å². The van der Waals surface area contributed by atoms with Crippen molar-refractivity contribution in [2.45, 2.75) is 0 Å². The Morgan fingerprint density at radius 2 is 2.38 bits per heavy atom. The second kappa shape index (κ2) is 7.05. The predicted molar refractivity (Wildman–Crippen MR) is 39.6 cm³/mol. The first-order valence-corrected chi connectivity index (χ1v) is 3.59. The van der Waals surface area contributed by atoms with Gasteiger partial charge >= 0.3 is 0 Å². The minimum atomic E-state index is 0.254. The highest BCUT2D eigenvalue weighted by atomic mass is 127. The summed E-state index contributed by atoms with van der Waals surface area (Å²) >= 11 is 2.14. The third kappa shape index (κ3) is 6.05. The molecule has 0 spiro atoms.